The highest BCUT2D eigenvalue weighted by molar-refractivity contribution is 8.00. The molecule has 1 aliphatic carbocycles. The van der Waals surface area contributed by atoms with Crippen molar-refractivity contribution in [3.05, 3.63) is 52.7 Å². The minimum absolute atomic E-state index is 0.0950. The predicted molar refractivity (Wildman–Crippen MR) is 93.7 cm³/mol. The minimum Gasteiger partial charge on any atom is -0.478 e. The first-order chi connectivity index (χ1) is 12.1. The van der Waals surface area contributed by atoms with Crippen molar-refractivity contribution in [3.63, 3.8) is 0 Å². The number of benzene rings is 1. The van der Waals surface area contributed by atoms with Crippen LogP contribution in [0.4, 0.5) is 5.69 Å². The molecule has 0 bridgehead atoms. The Bertz CT molecular complexity index is 890. The Morgan fingerprint density at radius 1 is 1.32 bits per heavy atom. The molecule has 2 aromatic rings. The van der Waals surface area contributed by atoms with Crippen LogP contribution in [0.1, 0.15) is 33.6 Å². The number of thioether (sulfide) groups is 1. The van der Waals surface area contributed by atoms with Crippen LogP contribution in [0.15, 0.2) is 35.4 Å². The molecule has 3 rings (SSSR count). The van der Waals surface area contributed by atoms with Gasteiger partial charge in [0.15, 0.2) is 0 Å². The molecule has 0 radical (unpaired) electrons. The molecule has 6 nitrogen and oxygen atoms in total. The van der Waals surface area contributed by atoms with Gasteiger partial charge >= 0.3 is 5.97 Å². The standard InChI is InChI=1S/C18H15N3O3S/c19-9-13-7-11-3-2-6-15(11)21-17(13)25-10-16(22)20-14-5-1-4-12(8-14)18(23)24/h1,4-5,7-8H,2-3,6,10H2,(H,20,22)(H,23,24). The summed E-state index contributed by atoms with van der Waals surface area (Å²) < 4.78 is 0. The molecule has 1 aliphatic rings. The summed E-state index contributed by atoms with van der Waals surface area (Å²) in [5.41, 5.74) is 3.16. The van der Waals surface area contributed by atoms with Gasteiger partial charge in [-0.1, -0.05) is 17.8 Å². The molecule has 7 heteroatoms. The maximum atomic E-state index is 12.1. The number of anilines is 1. The van der Waals surface area contributed by atoms with Crippen LogP contribution in [0.2, 0.25) is 0 Å². The topological polar surface area (TPSA) is 103 Å². The van der Waals surface area contributed by atoms with Gasteiger partial charge < -0.3 is 10.4 Å². The van der Waals surface area contributed by atoms with Gasteiger partial charge in [-0.2, -0.15) is 5.26 Å². The summed E-state index contributed by atoms with van der Waals surface area (Å²) in [7, 11) is 0. The smallest absolute Gasteiger partial charge is 0.335 e. The molecule has 1 aromatic heterocycles. The molecular formula is C18H15N3O3S. The number of carboxylic acids is 1. The second kappa shape index (κ2) is 7.36. The van der Waals surface area contributed by atoms with Gasteiger partial charge in [0.1, 0.15) is 11.1 Å². The Hall–Kier alpha value is -2.85. The monoisotopic (exact) mass is 353 g/mol. The number of aryl methyl sites for hydroxylation is 2. The molecule has 126 valence electrons. The fourth-order valence-electron chi connectivity index (χ4n) is 2.70. The Morgan fingerprint density at radius 3 is 2.92 bits per heavy atom. The number of rotatable bonds is 5. The molecule has 1 heterocycles. The lowest BCUT2D eigenvalue weighted by Crippen LogP contribution is -2.14. The number of aromatic carboxylic acids is 1. The number of carboxylic acid groups (broad SMARTS) is 1. The molecule has 2 N–H and O–H groups in total. The number of carbonyl (C=O) groups excluding carboxylic acids is 1. The van der Waals surface area contributed by atoms with Gasteiger partial charge in [0.05, 0.1) is 16.9 Å². The highest BCUT2D eigenvalue weighted by Gasteiger charge is 2.17. The molecular weight excluding hydrogens is 338 g/mol. The van der Waals surface area contributed by atoms with E-state index in [0.29, 0.717) is 16.3 Å². The minimum atomic E-state index is -1.05. The number of carbonyl (C=O) groups is 2. The highest BCUT2D eigenvalue weighted by atomic mass is 32.2. The highest BCUT2D eigenvalue weighted by Crippen LogP contribution is 2.27. The van der Waals surface area contributed by atoms with Gasteiger partial charge in [0.25, 0.3) is 0 Å². The van der Waals surface area contributed by atoms with Gasteiger partial charge in [-0.3, -0.25) is 4.79 Å². The lowest BCUT2D eigenvalue weighted by molar-refractivity contribution is -0.113. The van der Waals surface area contributed by atoms with Crippen LogP contribution < -0.4 is 5.32 Å². The molecule has 0 spiro atoms. The average Bonchev–Trinajstić information content (AvgIpc) is 3.06. The third-order valence-corrected chi connectivity index (χ3v) is 4.86. The van der Waals surface area contributed by atoms with E-state index in [2.05, 4.69) is 16.4 Å². The molecule has 25 heavy (non-hydrogen) atoms. The fraction of sp³-hybridized carbons (Fsp3) is 0.222. The second-order valence-electron chi connectivity index (χ2n) is 5.64. The van der Waals surface area contributed by atoms with Crippen LogP contribution in [0.3, 0.4) is 0 Å². The Balaban J connectivity index is 1.66. The molecule has 0 saturated heterocycles. The number of nitrogens with one attached hydrogen (secondary N) is 1. The van der Waals surface area contributed by atoms with Crippen LogP contribution in [-0.4, -0.2) is 27.7 Å². The summed E-state index contributed by atoms with van der Waals surface area (Å²) >= 11 is 1.21. The largest absolute Gasteiger partial charge is 0.478 e. The van der Waals surface area contributed by atoms with Gasteiger partial charge in [-0.05, 0) is 49.1 Å². The Labute approximate surface area is 148 Å². The van der Waals surface area contributed by atoms with E-state index in [1.165, 1.54) is 23.9 Å². The number of hydrogen-bond donors (Lipinski definition) is 2. The first-order valence-electron chi connectivity index (χ1n) is 7.75. The number of nitrogens with zero attached hydrogens (tertiary/aromatic N) is 2. The first kappa shape index (κ1) is 17.0. The van der Waals surface area contributed by atoms with Gasteiger partial charge in [-0.25, -0.2) is 9.78 Å². The van der Waals surface area contributed by atoms with Crippen LogP contribution >= 0.6 is 11.8 Å². The van der Waals surface area contributed by atoms with Crippen molar-refractivity contribution in [2.75, 3.05) is 11.1 Å². The molecule has 0 fully saturated rings. The Morgan fingerprint density at radius 2 is 2.16 bits per heavy atom. The lowest BCUT2D eigenvalue weighted by atomic mass is 10.2. The zero-order chi connectivity index (χ0) is 17.8. The summed E-state index contributed by atoms with van der Waals surface area (Å²) in [6.07, 6.45) is 2.90. The summed E-state index contributed by atoms with van der Waals surface area (Å²) in [4.78, 5) is 27.6. The van der Waals surface area contributed by atoms with Crippen LogP contribution in [0.25, 0.3) is 0 Å². The third kappa shape index (κ3) is 3.98. The normalized spacial score (nSPS) is 12.3. The number of nitriles is 1. The van der Waals surface area contributed by atoms with Crippen molar-refractivity contribution >= 4 is 29.3 Å². The number of amides is 1. The lowest BCUT2D eigenvalue weighted by Gasteiger charge is -2.08. The third-order valence-electron chi connectivity index (χ3n) is 3.87. The molecule has 1 amide bonds. The van der Waals surface area contributed by atoms with Crippen LogP contribution in [0.5, 0.6) is 0 Å². The van der Waals surface area contributed by atoms with E-state index in [9.17, 15) is 14.9 Å². The SMILES string of the molecule is N#Cc1cc2c(nc1SCC(=O)Nc1cccc(C(=O)O)c1)CCC2. The Kier molecular flexibility index (Phi) is 5.00. The van der Waals surface area contributed by atoms with Gasteiger partial charge in [-0.15, -0.1) is 0 Å². The van der Waals surface area contributed by atoms with E-state index in [-0.39, 0.29) is 17.2 Å². The molecule has 1 aromatic carbocycles. The van der Waals surface area contributed by atoms with E-state index in [1.54, 1.807) is 12.1 Å². The van der Waals surface area contributed by atoms with E-state index in [0.717, 1.165) is 30.5 Å². The number of pyridine rings is 1. The van der Waals surface area contributed by atoms with Gasteiger partial charge in [0, 0.05) is 11.4 Å². The van der Waals surface area contributed by atoms with E-state index < -0.39 is 5.97 Å². The van der Waals surface area contributed by atoms with E-state index >= 15 is 0 Å². The zero-order valence-corrected chi connectivity index (χ0v) is 14.1. The first-order valence-corrected chi connectivity index (χ1v) is 8.74. The predicted octanol–water partition coefficient (Wildman–Crippen LogP) is 2.87. The molecule has 0 atom stereocenters. The molecule has 0 aliphatic heterocycles. The van der Waals surface area contributed by atoms with Gasteiger partial charge in [0.2, 0.25) is 5.91 Å². The van der Waals surface area contributed by atoms with Crippen molar-refractivity contribution in [3.8, 4) is 6.07 Å². The summed E-state index contributed by atoms with van der Waals surface area (Å²) in [6, 6.07) is 10.1. The number of aromatic nitrogens is 1. The number of fused-ring (bicyclic) bond motifs is 1. The van der Waals surface area contributed by atoms with Crippen molar-refractivity contribution < 1.29 is 14.7 Å². The maximum absolute atomic E-state index is 12.1. The fourth-order valence-corrected chi connectivity index (χ4v) is 3.48. The summed E-state index contributed by atoms with van der Waals surface area (Å²) in [5, 5.41) is 21.5. The maximum Gasteiger partial charge on any atom is 0.335 e. The van der Waals surface area contributed by atoms with Crippen molar-refractivity contribution in [1.82, 2.24) is 4.98 Å². The average molecular weight is 353 g/mol. The second-order valence-corrected chi connectivity index (χ2v) is 6.60. The van der Waals surface area contributed by atoms with Crippen molar-refractivity contribution in [2.45, 2.75) is 24.3 Å². The number of hydrogen-bond acceptors (Lipinski definition) is 5. The van der Waals surface area contributed by atoms with Crippen molar-refractivity contribution in [1.29, 1.82) is 5.26 Å². The molecule has 0 unspecified atom stereocenters. The van der Waals surface area contributed by atoms with Crippen molar-refractivity contribution in [2.24, 2.45) is 0 Å². The van der Waals surface area contributed by atoms with Crippen LogP contribution in [0, 0.1) is 11.3 Å². The zero-order valence-electron chi connectivity index (χ0n) is 13.3. The summed E-state index contributed by atoms with van der Waals surface area (Å²) in [5.74, 6) is -1.23. The van der Waals surface area contributed by atoms with E-state index in [4.69, 9.17) is 5.11 Å². The quantitative estimate of drug-likeness (QED) is 0.801. The van der Waals surface area contributed by atoms with E-state index in [1.807, 2.05) is 6.07 Å². The van der Waals surface area contributed by atoms with Crippen LogP contribution in [-0.2, 0) is 17.6 Å². The summed E-state index contributed by atoms with van der Waals surface area (Å²) in [6.45, 7) is 0. The molecule has 0 saturated carbocycles.